The van der Waals surface area contributed by atoms with Crippen LogP contribution < -0.4 is 5.32 Å². The van der Waals surface area contributed by atoms with E-state index in [0.29, 0.717) is 12.5 Å². The van der Waals surface area contributed by atoms with E-state index in [1.807, 2.05) is 11.8 Å². The molecule has 0 bridgehead atoms. The minimum absolute atomic E-state index is 0.138. The van der Waals surface area contributed by atoms with Gasteiger partial charge in [-0.25, -0.2) is 0 Å². The van der Waals surface area contributed by atoms with Crippen molar-refractivity contribution in [2.45, 2.75) is 45.3 Å². The molecule has 2 heterocycles. The molecule has 1 amide bonds. The minimum Gasteiger partial charge on any atom is -0.369 e. The summed E-state index contributed by atoms with van der Waals surface area (Å²) in [6, 6.07) is 0. The summed E-state index contributed by atoms with van der Waals surface area (Å²) in [5.41, 5.74) is -0.213. The van der Waals surface area contributed by atoms with E-state index in [2.05, 4.69) is 19.2 Å². The number of nitrogens with zero attached hydrogens (tertiary/aromatic N) is 1. The van der Waals surface area contributed by atoms with Crippen LogP contribution in [0.2, 0.25) is 0 Å². The fourth-order valence-electron chi connectivity index (χ4n) is 2.94. The van der Waals surface area contributed by atoms with Crippen LogP contribution in [0.5, 0.6) is 0 Å². The van der Waals surface area contributed by atoms with Crippen molar-refractivity contribution < 1.29 is 9.53 Å². The predicted octanol–water partition coefficient (Wildman–Crippen LogP) is 1.01. The molecule has 98 valence electrons. The van der Waals surface area contributed by atoms with Crippen LogP contribution in [0.4, 0.5) is 0 Å². The Balaban J connectivity index is 1.98. The maximum atomic E-state index is 12.4. The van der Waals surface area contributed by atoms with Crippen molar-refractivity contribution in [1.82, 2.24) is 10.2 Å². The lowest BCUT2D eigenvalue weighted by Crippen LogP contribution is -2.56. The molecule has 1 N–H and O–H groups in total. The number of hydrogen-bond acceptors (Lipinski definition) is 3. The van der Waals surface area contributed by atoms with Crippen LogP contribution in [0.3, 0.4) is 0 Å². The molecule has 0 aromatic carbocycles. The third-order valence-electron chi connectivity index (χ3n) is 3.53. The highest BCUT2D eigenvalue weighted by molar-refractivity contribution is 5.79. The highest BCUT2D eigenvalue weighted by Gasteiger charge is 2.36. The molecule has 0 radical (unpaired) electrons. The first-order chi connectivity index (χ1) is 7.98. The largest absolute Gasteiger partial charge is 0.369 e. The first-order valence-electron chi connectivity index (χ1n) is 6.65. The number of morpholine rings is 1. The van der Waals surface area contributed by atoms with Crippen molar-refractivity contribution >= 4 is 5.91 Å². The van der Waals surface area contributed by atoms with Crippen molar-refractivity contribution in [3.05, 3.63) is 0 Å². The van der Waals surface area contributed by atoms with Gasteiger partial charge in [-0.3, -0.25) is 4.79 Å². The summed E-state index contributed by atoms with van der Waals surface area (Å²) in [4.78, 5) is 14.4. The minimum atomic E-state index is -0.213. The molecule has 2 saturated heterocycles. The lowest BCUT2D eigenvalue weighted by atomic mass is 9.96. The van der Waals surface area contributed by atoms with Gasteiger partial charge < -0.3 is 15.0 Å². The van der Waals surface area contributed by atoms with E-state index in [1.54, 1.807) is 0 Å². The van der Waals surface area contributed by atoms with Crippen LogP contribution in [0, 0.1) is 5.92 Å². The summed E-state index contributed by atoms with van der Waals surface area (Å²) < 4.78 is 5.83. The standard InChI is InChI=1S/C13H24N2O2/c1-10-8-15(9-13(2,3)17-10)12(16)11-5-4-6-14-7-11/h10-11,14H,4-9H2,1-3H3/t10?,11-/m0/s1. The summed E-state index contributed by atoms with van der Waals surface area (Å²) in [7, 11) is 0. The number of nitrogens with one attached hydrogen (secondary N) is 1. The number of carbonyl (C=O) groups excluding carboxylic acids is 1. The maximum absolute atomic E-state index is 12.4. The summed E-state index contributed by atoms with van der Waals surface area (Å²) in [5.74, 6) is 0.477. The fraction of sp³-hybridized carbons (Fsp3) is 0.923. The molecule has 0 aromatic heterocycles. The molecule has 17 heavy (non-hydrogen) atoms. The molecule has 2 atom stereocenters. The van der Waals surface area contributed by atoms with Crippen molar-refractivity contribution in [1.29, 1.82) is 0 Å². The van der Waals surface area contributed by atoms with E-state index in [0.717, 1.165) is 32.5 Å². The van der Waals surface area contributed by atoms with Gasteiger partial charge in [0.2, 0.25) is 5.91 Å². The fourth-order valence-corrected chi connectivity index (χ4v) is 2.94. The second-order valence-electron chi connectivity index (χ2n) is 5.95. The number of ether oxygens (including phenoxy) is 1. The lowest BCUT2D eigenvalue weighted by Gasteiger charge is -2.43. The summed E-state index contributed by atoms with van der Waals surface area (Å²) >= 11 is 0. The van der Waals surface area contributed by atoms with Gasteiger partial charge in [0, 0.05) is 19.6 Å². The second-order valence-corrected chi connectivity index (χ2v) is 5.95. The molecule has 2 rings (SSSR count). The van der Waals surface area contributed by atoms with Crippen LogP contribution in [-0.2, 0) is 9.53 Å². The van der Waals surface area contributed by atoms with E-state index < -0.39 is 0 Å². The van der Waals surface area contributed by atoms with Gasteiger partial charge in [-0.2, -0.15) is 0 Å². The van der Waals surface area contributed by atoms with Crippen LogP contribution in [0.1, 0.15) is 33.6 Å². The molecule has 2 fully saturated rings. The Morgan fingerprint density at radius 2 is 2.24 bits per heavy atom. The van der Waals surface area contributed by atoms with Crippen molar-refractivity contribution in [2.24, 2.45) is 5.92 Å². The van der Waals surface area contributed by atoms with Crippen LogP contribution in [0.25, 0.3) is 0 Å². The number of hydrogen-bond donors (Lipinski definition) is 1. The number of carbonyl (C=O) groups is 1. The summed E-state index contributed by atoms with van der Waals surface area (Å²) in [6.45, 7) is 9.50. The molecule has 0 spiro atoms. The van der Waals surface area contributed by atoms with Gasteiger partial charge in [-0.1, -0.05) is 0 Å². The highest BCUT2D eigenvalue weighted by atomic mass is 16.5. The molecule has 4 heteroatoms. The Bertz CT molecular complexity index is 285. The molecule has 2 aliphatic heterocycles. The smallest absolute Gasteiger partial charge is 0.227 e. The Morgan fingerprint density at radius 3 is 2.82 bits per heavy atom. The van der Waals surface area contributed by atoms with Crippen LogP contribution in [0.15, 0.2) is 0 Å². The molecule has 0 saturated carbocycles. The van der Waals surface area contributed by atoms with Crippen LogP contribution >= 0.6 is 0 Å². The van der Waals surface area contributed by atoms with E-state index in [-0.39, 0.29) is 17.6 Å². The Labute approximate surface area is 104 Å². The number of piperidine rings is 1. The van der Waals surface area contributed by atoms with Crippen LogP contribution in [-0.4, -0.2) is 48.7 Å². The third-order valence-corrected chi connectivity index (χ3v) is 3.53. The summed E-state index contributed by atoms with van der Waals surface area (Å²) in [5, 5.41) is 3.31. The first-order valence-corrected chi connectivity index (χ1v) is 6.65. The van der Waals surface area contributed by atoms with E-state index in [4.69, 9.17) is 4.74 Å². The zero-order valence-electron chi connectivity index (χ0n) is 11.2. The van der Waals surface area contributed by atoms with E-state index in [9.17, 15) is 4.79 Å². The Kier molecular flexibility index (Phi) is 3.73. The molecule has 4 nitrogen and oxygen atoms in total. The quantitative estimate of drug-likeness (QED) is 0.744. The van der Waals surface area contributed by atoms with Gasteiger partial charge in [-0.05, 0) is 40.2 Å². The summed E-state index contributed by atoms with van der Waals surface area (Å²) in [6.07, 6.45) is 2.27. The molecular formula is C13H24N2O2. The zero-order valence-corrected chi connectivity index (χ0v) is 11.2. The average molecular weight is 240 g/mol. The monoisotopic (exact) mass is 240 g/mol. The predicted molar refractivity (Wildman–Crippen MR) is 66.8 cm³/mol. The van der Waals surface area contributed by atoms with Gasteiger partial charge in [-0.15, -0.1) is 0 Å². The average Bonchev–Trinajstić information content (AvgIpc) is 2.26. The Morgan fingerprint density at radius 1 is 1.47 bits per heavy atom. The van der Waals surface area contributed by atoms with Gasteiger partial charge >= 0.3 is 0 Å². The van der Waals surface area contributed by atoms with Crippen molar-refractivity contribution in [2.75, 3.05) is 26.2 Å². The normalized spacial score (nSPS) is 33.5. The second kappa shape index (κ2) is 4.94. The Hall–Kier alpha value is -0.610. The molecule has 0 aromatic rings. The number of rotatable bonds is 1. The van der Waals surface area contributed by atoms with Crippen molar-refractivity contribution in [3.8, 4) is 0 Å². The van der Waals surface area contributed by atoms with E-state index in [1.165, 1.54) is 0 Å². The molecular weight excluding hydrogens is 216 g/mol. The zero-order chi connectivity index (χ0) is 12.5. The van der Waals surface area contributed by atoms with Crippen molar-refractivity contribution in [3.63, 3.8) is 0 Å². The van der Waals surface area contributed by atoms with Gasteiger partial charge in [0.25, 0.3) is 0 Å². The molecule has 0 aliphatic carbocycles. The van der Waals surface area contributed by atoms with Gasteiger partial charge in [0.15, 0.2) is 0 Å². The highest BCUT2D eigenvalue weighted by Crippen LogP contribution is 2.23. The number of amides is 1. The van der Waals surface area contributed by atoms with E-state index >= 15 is 0 Å². The van der Waals surface area contributed by atoms with Gasteiger partial charge in [0.05, 0.1) is 17.6 Å². The first kappa shape index (κ1) is 12.8. The third kappa shape index (κ3) is 3.19. The topological polar surface area (TPSA) is 41.6 Å². The maximum Gasteiger partial charge on any atom is 0.227 e. The molecule has 2 aliphatic rings. The lowest BCUT2D eigenvalue weighted by molar-refractivity contribution is -0.162. The van der Waals surface area contributed by atoms with Gasteiger partial charge in [0.1, 0.15) is 0 Å². The molecule has 1 unspecified atom stereocenters. The SMILES string of the molecule is CC1CN(C(=O)[C@H]2CCCNC2)CC(C)(C)O1.